The molecule has 132 valence electrons. The maximum atomic E-state index is 12.8. The molecule has 1 aliphatic rings. The van der Waals surface area contributed by atoms with Gasteiger partial charge in [-0.05, 0) is 25.1 Å². The fourth-order valence-corrected chi connectivity index (χ4v) is 2.88. The van der Waals surface area contributed by atoms with Crippen molar-refractivity contribution in [3.05, 3.63) is 42.4 Å². The van der Waals surface area contributed by atoms with Gasteiger partial charge in [0.25, 0.3) is 11.8 Å². The van der Waals surface area contributed by atoms with Gasteiger partial charge in [-0.2, -0.15) is 5.10 Å². The molecular formula is C17H21N5O3. The van der Waals surface area contributed by atoms with Gasteiger partial charge in [0.15, 0.2) is 11.4 Å². The lowest BCUT2D eigenvalue weighted by molar-refractivity contribution is -0.162. The second-order valence-electron chi connectivity index (χ2n) is 6.36. The van der Waals surface area contributed by atoms with Crippen LogP contribution in [-0.2, 0) is 9.53 Å². The number of carbonyl (C=O) groups is 2. The zero-order chi connectivity index (χ0) is 18.0. The largest absolute Gasteiger partial charge is 0.362 e. The van der Waals surface area contributed by atoms with E-state index >= 15 is 0 Å². The number of nitrogens with zero attached hydrogens (tertiary/aromatic N) is 5. The van der Waals surface area contributed by atoms with Gasteiger partial charge >= 0.3 is 0 Å². The van der Waals surface area contributed by atoms with Crippen LogP contribution in [0.4, 0.5) is 0 Å². The van der Waals surface area contributed by atoms with Gasteiger partial charge in [0.1, 0.15) is 0 Å². The second-order valence-corrected chi connectivity index (χ2v) is 6.36. The SMILES string of the molecule is CN(C)C(=O)[C@@]1(C)CN(C(=O)c2ccc(-n3cccn3)nc2)CCO1. The Hall–Kier alpha value is -2.74. The maximum Gasteiger partial charge on any atom is 0.255 e. The highest BCUT2D eigenvalue weighted by Crippen LogP contribution is 2.21. The molecule has 0 bridgehead atoms. The van der Waals surface area contributed by atoms with Crippen molar-refractivity contribution in [2.45, 2.75) is 12.5 Å². The van der Waals surface area contributed by atoms with Crippen LogP contribution in [0.5, 0.6) is 0 Å². The summed E-state index contributed by atoms with van der Waals surface area (Å²) in [5, 5.41) is 4.11. The van der Waals surface area contributed by atoms with E-state index in [1.807, 2.05) is 0 Å². The number of amides is 2. The van der Waals surface area contributed by atoms with E-state index in [1.54, 1.807) is 61.2 Å². The molecule has 8 heteroatoms. The Balaban J connectivity index is 1.75. The van der Waals surface area contributed by atoms with Gasteiger partial charge in [0.05, 0.1) is 18.7 Å². The van der Waals surface area contributed by atoms with Crippen LogP contribution < -0.4 is 0 Å². The van der Waals surface area contributed by atoms with Crippen LogP contribution in [0.1, 0.15) is 17.3 Å². The molecule has 1 aliphatic heterocycles. The quantitative estimate of drug-likeness (QED) is 0.815. The van der Waals surface area contributed by atoms with Crippen molar-refractivity contribution in [2.24, 2.45) is 0 Å². The van der Waals surface area contributed by atoms with Crippen molar-refractivity contribution in [1.82, 2.24) is 24.6 Å². The van der Waals surface area contributed by atoms with Crippen LogP contribution in [-0.4, -0.2) is 75.8 Å². The number of rotatable bonds is 3. The molecule has 3 rings (SSSR count). The number of carbonyl (C=O) groups excluding carboxylic acids is 2. The molecular weight excluding hydrogens is 322 g/mol. The van der Waals surface area contributed by atoms with Gasteiger partial charge in [0, 0.05) is 39.2 Å². The summed E-state index contributed by atoms with van der Waals surface area (Å²) >= 11 is 0. The monoisotopic (exact) mass is 343 g/mol. The van der Waals surface area contributed by atoms with Gasteiger partial charge in [-0.25, -0.2) is 9.67 Å². The Labute approximate surface area is 146 Å². The zero-order valence-electron chi connectivity index (χ0n) is 14.5. The molecule has 2 amide bonds. The smallest absolute Gasteiger partial charge is 0.255 e. The number of pyridine rings is 1. The minimum absolute atomic E-state index is 0.155. The molecule has 3 heterocycles. The van der Waals surface area contributed by atoms with Crippen molar-refractivity contribution in [3.63, 3.8) is 0 Å². The van der Waals surface area contributed by atoms with Crippen molar-refractivity contribution in [1.29, 1.82) is 0 Å². The number of aromatic nitrogens is 3. The van der Waals surface area contributed by atoms with Crippen molar-refractivity contribution >= 4 is 11.8 Å². The van der Waals surface area contributed by atoms with Crippen molar-refractivity contribution in [3.8, 4) is 5.82 Å². The van der Waals surface area contributed by atoms with Crippen LogP contribution in [0, 0.1) is 0 Å². The summed E-state index contributed by atoms with van der Waals surface area (Å²) in [7, 11) is 3.35. The van der Waals surface area contributed by atoms with Gasteiger partial charge in [-0.3, -0.25) is 9.59 Å². The van der Waals surface area contributed by atoms with Crippen LogP contribution in [0.25, 0.3) is 5.82 Å². The lowest BCUT2D eigenvalue weighted by atomic mass is 10.0. The molecule has 0 aromatic carbocycles. The Morgan fingerprint density at radius 3 is 2.72 bits per heavy atom. The maximum absolute atomic E-state index is 12.8. The molecule has 25 heavy (non-hydrogen) atoms. The standard InChI is InChI=1S/C17H21N5O3/c1-17(16(24)20(2)3)12-21(9-10-25-17)15(23)13-5-6-14(18-11-13)22-8-4-7-19-22/h4-8,11H,9-10,12H2,1-3H3/t17-/m1/s1. The molecule has 1 saturated heterocycles. The van der Waals surface area contributed by atoms with E-state index in [4.69, 9.17) is 4.74 Å². The third kappa shape index (κ3) is 3.39. The molecule has 8 nitrogen and oxygen atoms in total. The van der Waals surface area contributed by atoms with Gasteiger partial charge in [-0.15, -0.1) is 0 Å². The normalized spacial score (nSPS) is 20.4. The van der Waals surface area contributed by atoms with E-state index in [-0.39, 0.29) is 18.4 Å². The minimum atomic E-state index is -1.03. The number of hydrogen-bond donors (Lipinski definition) is 0. The highest BCUT2D eigenvalue weighted by molar-refractivity contribution is 5.95. The first-order valence-electron chi connectivity index (χ1n) is 8.02. The first-order valence-corrected chi connectivity index (χ1v) is 8.02. The van der Waals surface area contributed by atoms with Gasteiger partial charge in [-0.1, -0.05) is 0 Å². The first kappa shape index (κ1) is 17.1. The third-order valence-corrected chi connectivity index (χ3v) is 4.15. The minimum Gasteiger partial charge on any atom is -0.362 e. The Bertz CT molecular complexity index is 757. The fourth-order valence-electron chi connectivity index (χ4n) is 2.88. The van der Waals surface area contributed by atoms with E-state index in [2.05, 4.69) is 10.1 Å². The molecule has 0 N–H and O–H groups in total. The van der Waals surface area contributed by atoms with E-state index in [0.717, 1.165) is 0 Å². The molecule has 0 saturated carbocycles. The lowest BCUT2D eigenvalue weighted by Crippen LogP contribution is -2.59. The summed E-state index contributed by atoms with van der Waals surface area (Å²) in [5.41, 5.74) is -0.558. The molecule has 2 aromatic heterocycles. The molecule has 0 unspecified atom stereocenters. The zero-order valence-corrected chi connectivity index (χ0v) is 14.5. The molecule has 0 radical (unpaired) electrons. The second kappa shape index (κ2) is 6.64. The Morgan fingerprint density at radius 2 is 2.12 bits per heavy atom. The summed E-state index contributed by atoms with van der Waals surface area (Å²) in [6.07, 6.45) is 4.97. The molecule has 1 fully saturated rings. The predicted octanol–water partition coefficient (Wildman–Crippen LogP) is 0.587. The number of hydrogen-bond acceptors (Lipinski definition) is 5. The topological polar surface area (TPSA) is 80.6 Å². The lowest BCUT2D eigenvalue weighted by Gasteiger charge is -2.40. The third-order valence-electron chi connectivity index (χ3n) is 4.15. The van der Waals surface area contributed by atoms with E-state index in [9.17, 15) is 9.59 Å². The van der Waals surface area contributed by atoms with Crippen molar-refractivity contribution in [2.75, 3.05) is 33.8 Å². The van der Waals surface area contributed by atoms with Crippen LogP contribution in [0.15, 0.2) is 36.8 Å². The summed E-state index contributed by atoms with van der Waals surface area (Å²) in [5.74, 6) is 0.314. The Kier molecular flexibility index (Phi) is 4.54. The summed E-state index contributed by atoms with van der Waals surface area (Å²) < 4.78 is 7.28. The predicted molar refractivity (Wildman–Crippen MR) is 90.3 cm³/mol. The number of ether oxygens (including phenoxy) is 1. The summed E-state index contributed by atoms with van der Waals surface area (Å²) in [6, 6.07) is 5.26. The van der Waals surface area contributed by atoms with Crippen LogP contribution in [0.3, 0.4) is 0 Å². The first-order chi connectivity index (χ1) is 11.9. The van der Waals surface area contributed by atoms with Crippen molar-refractivity contribution < 1.29 is 14.3 Å². The highest BCUT2D eigenvalue weighted by Gasteiger charge is 2.41. The Morgan fingerprint density at radius 1 is 1.32 bits per heavy atom. The van der Waals surface area contributed by atoms with E-state index in [0.29, 0.717) is 24.5 Å². The molecule has 2 aromatic rings. The average Bonchev–Trinajstić information content (AvgIpc) is 3.15. The van der Waals surface area contributed by atoms with E-state index in [1.165, 1.54) is 11.1 Å². The molecule has 0 aliphatic carbocycles. The van der Waals surface area contributed by atoms with Crippen LogP contribution >= 0.6 is 0 Å². The van der Waals surface area contributed by atoms with Gasteiger partial charge in [0.2, 0.25) is 0 Å². The molecule has 0 spiro atoms. The highest BCUT2D eigenvalue weighted by atomic mass is 16.5. The molecule has 1 atom stereocenters. The number of morpholine rings is 1. The fraction of sp³-hybridized carbons (Fsp3) is 0.412. The van der Waals surface area contributed by atoms with Gasteiger partial charge < -0.3 is 14.5 Å². The van der Waals surface area contributed by atoms with E-state index < -0.39 is 5.60 Å². The average molecular weight is 343 g/mol. The summed E-state index contributed by atoms with van der Waals surface area (Å²) in [6.45, 7) is 2.69. The number of likely N-dealkylation sites (N-methyl/N-ethyl adjacent to an activating group) is 1. The summed E-state index contributed by atoms with van der Waals surface area (Å²) in [4.78, 5) is 32.5. The van der Waals surface area contributed by atoms with Crippen LogP contribution in [0.2, 0.25) is 0 Å².